The zero-order chi connectivity index (χ0) is 14.2. The lowest BCUT2D eigenvalue weighted by Crippen LogP contribution is -1.85. The highest BCUT2D eigenvalue weighted by Gasteiger charge is 2.08. The average molecular weight is 290 g/mol. The Bertz CT molecular complexity index is 960. The Morgan fingerprint density at radius 2 is 1.43 bits per heavy atom. The fourth-order valence-electron chi connectivity index (χ4n) is 2.85. The predicted octanol–water partition coefficient (Wildman–Crippen LogP) is 5.71. The van der Waals surface area contributed by atoms with E-state index in [2.05, 4.69) is 59.6 Å². The van der Waals surface area contributed by atoms with E-state index in [4.69, 9.17) is 11.6 Å². The number of halogens is 1. The summed E-state index contributed by atoms with van der Waals surface area (Å²) in [6, 6.07) is 21.1. The number of rotatable bonds is 1. The molecule has 100 valence electrons. The van der Waals surface area contributed by atoms with E-state index in [0.717, 1.165) is 5.56 Å². The number of fused-ring (bicyclic) bond motifs is 3. The van der Waals surface area contributed by atoms with Crippen LogP contribution in [0.4, 0.5) is 0 Å². The molecule has 21 heavy (non-hydrogen) atoms. The quantitative estimate of drug-likeness (QED) is 0.409. The van der Waals surface area contributed by atoms with Crippen molar-refractivity contribution in [1.29, 1.82) is 0 Å². The molecule has 1 aromatic heterocycles. The monoisotopic (exact) mass is 289 g/mol. The third-order valence-electron chi connectivity index (χ3n) is 3.78. The van der Waals surface area contributed by atoms with Crippen molar-refractivity contribution < 1.29 is 0 Å². The van der Waals surface area contributed by atoms with Crippen LogP contribution in [0.15, 0.2) is 73.1 Å². The van der Waals surface area contributed by atoms with Gasteiger partial charge in [0.2, 0.25) is 0 Å². The highest BCUT2D eigenvalue weighted by atomic mass is 35.5. The molecule has 0 fully saturated rings. The SMILES string of the molecule is Clc1cncc(-c2cc3ccccc3c3ccccc23)c1. The molecule has 1 heterocycles. The van der Waals surface area contributed by atoms with Gasteiger partial charge >= 0.3 is 0 Å². The van der Waals surface area contributed by atoms with Gasteiger partial charge < -0.3 is 0 Å². The molecule has 0 bridgehead atoms. The highest BCUT2D eigenvalue weighted by Crippen LogP contribution is 2.35. The summed E-state index contributed by atoms with van der Waals surface area (Å²) in [6.07, 6.45) is 3.52. The van der Waals surface area contributed by atoms with Crippen LogP contribution in [-0.2, 0) is 0 Å². The third kappa shape index (κ3) is 2.07. The van der Waals surface area contributed by atoms with Crippen molar-refractivity contribution >= 4 is 33.1 Å². The first kappa shape index (κ1) is 12.4. The fourth-order valence-corrected chi connectivity index (χ4v) is 3.03. The van der Waals surface area contributed by atoms with Crippen LogP contribution >= 0.6 is 11.6 Å². The first-order valence-electron chi connectivity index (χ1n) is 6.84. The van der Waals surface area contributed by atoms with E-state index >= 15 is 0 Å². The molecule has 0 radical (unpaired) electrons. The van der Waals surface area contributed by atoms with E-state index in [1.165, 1.54) is 27.1 Å². The second-order valence-electron chi connectivity index (χ2n) is 5.08. The Kier molecular flexibility index (Phi) is 2.87. The Labute approximate surface area is 127 Å². The first-order chi connectivity index (χ1) is 10.3. The van der Waals surface area contributed by atoms with Crippen molar-refractivity contribution in [2.45, 2.75) is 0 Å². The number of pyridine rings is 1. The van der Waals surface area contributed by atoms with E-state index < -0.39 is 0 Å². The minimum Gasteiger partial charge on any atom is -0.263 e. The van der Waals surface area contributed by atoms with E-state index in [-0.39, 0.29) is 0 Å². The van der Waals surface area contributed by atoms with Crippen molar-refractivity contribution in [3.63, 3.8) is 0 Å². The first-order valence-corrected chi connectivity index (χ1v) is 7.22. The van der Waals surface area contributed by atoms with Crippen molar-refractivity contribution in [3.05, 3.63) is 78.1 Å². The Morgan fingerprint density at radius 3 is 2.24 bits per heavy atom. The lowest BCUT2D eigenvalue weighted by atomic mass is 9.94. The van der Waals surface area contributed by atoms with Gasteiger partial charge in [0.15, 0.2) is 0 Å². The van der Waals surface area contributed by atoms with E-state index in [1.807, 2.05) is 12.3 Å². The van der Waals surface area contributed by atoms with Crippen molar-refractivity contribution in [1.82, 2.24) is 4.98 Å². The summed E-state index contributed by atoms with van der Waals surface area (Å²) in [5.41, 5.74) is 2.21. The smallest absolute Gasteiger partial charge is 0.0595 e. The van der Waals surface area contributed by atoms with Crippen LogP contribution in [0.2, 0.25) is 5.02 Å². The van der Waals surface area contributed by atoms with Gasteiger partial charge in [-0.25, -0.2) is 0 Å². The fraction of sp³-hybridized carbons (Fsp3) is 0. The van der Waals surface area contributed by atoms with Crippen molar-refractivity contribution in [2.75, 3.05) is 0 Å². The zero-order valence-electron chi connectivity index (χ0n) is 11.3. The van der Waals surface area contributed by atoms with Gasteiger partial charge in [-0.3, -0.25) is 4.98 Å². The molecule has 0 aliphatic carbocycles. The van der Waals surface area contributed by atoms with Gasteiger partial charge in [-0.1, -0.05) is 60.1 Å². The van der Waals surface area contributed by atoms with Gasteiger partial charge in [0.05, 0.1) is 5.02 Å². The maximum atomic E-state index is 6.10. The largest absolute Gasteiger partial charge is 0.263 e. The molecule has 4 rings (SSSR count). The summed E-state index contributed by atoms with van der Waals surface area (Å²) in [5.74, 6) is 0. The van der Waals surface area contributed by atoms with E-state index in [9.17, 15) is 0 Å². The standard InChI is InChI=1S/C19H12ClN/c20-15-9-14(11-21-12-15)19-10-13-5-1-2-6-16(13)17-7-3-4-8-18(17)19/h1-12H. The molecule has 0 aliphatic rings. The van der Waals surface area contributed by atoms with Crippen LogP contribution < -0.4 is 0 Å². The molecule has 0 aliphatic heterocycles. The van der Waals surface area contributed by atoms with Gasteiger partial charge in [0.25, 0.3) is 0 Å². The Balaban J connectivity index is 2.16. The highest BCUT2D eigenvalue weighted by molar-refractivity contribution is 6.30. The maximum Gasteiger partial charge on any atom is 0.0595 e. The van der Waals surface area contributed by atoms with Crippen LogP contribution in [0.1, 0.15) is 0 Å². The second kappa shape index (κ2) is 4.87. The minimum atomic E-state index is 0.657. The lowest BCUT2D eigenvalue weighted by molar-refractivity contribution is 1.33. The lowest BCUT2D eigenvalue weighted by Gasteiger charge is -2.10. The number of nitrogens with zero attached hydrogens (tertiary/aromatic N) is 1. The molecular formula is C19H12ClN. The van der Waals surface area contributed by atoms with Crippen LogP contribution in [0.25, 0.3) is 32.7 Å². The molecular weight excluding hydrogens is 278 g/mol. The molecule has 0 atom stereocenters. The molecule has 3 aromatic carbocycles. The predicted molar refractivity (Wildman–Crippen MR) is 89.7 cm³/mol. The number of aromatic nitrogens is 1. The molecule has 0 spiro atoms. The van der Waals surface area contributed by atoms with Gasteiger partial charge in [-0.2, -0.15) is 0 Å². The van der Waals surface area contributed by atoms with Crippen LogP contribution in [-0.4, -0.2) is 4.98 Å². The number of benzene rings is 3. The number of hydrogen-bond donors (Lipinski definition) is 0. The molecule has 0 saturated carbocycles. The summed E-state index contributed by atoms with van der Waals surface area (Å²) >= 11 is 6.10. The van der Waals surface area contributed by atoms with Gasteiger partial charge in [-0.05, 0) is 39.2 Å². The van der Waals surface area contributed by atoms with E-state index in [1.54, 1.807) is 6.20 Å². The molecule has 0 amide bonds. The average Bonchev–Trinajstić information content (AvgIpc) is 2.54. The summed E-state index contributed by atoms with van der Waals surface area (Å²) < 4.78 is 0. The zero-order valence-corrected chi connectivity index (χ0v) is 12.0. The topological polar surface area (TPSA) is 12.9 Å². The maximum absolute atomic E-state index is 6.10. The molecule has 0 unspecified atom stereocenters. The third-order valence-corrected chi connectivity index (χ3v) is 3.99. The minimum absolute atomic E-state index is 0.657. The molecule has 2 heteroatoms. The number of hydrogen-bond acceptors (Lipinski definition) is 1. The van der Waals surface area contributed by atoms with Crippen molar-refractivity contribution in [3.8, 4) is 11.1 Å². The summed E-state index contributed by atoms with van der Waals surface area (Å²) in [5, 5.41) is 5.63. The van der Waals surface area contributed by atoms with Gasteiger partial charge in [-0.15, -0.1) is 0 Å². The molecule has 0 saturated heterocycles. The van der Waals surface area contributed by atoms with Crippen LogP contribution in [0.3, 0.4) is 0 Å². The van der Waals surface area contributed by atoms with E-state index in [0.29, 0.717) is 5.02 Å². The Morgan fingerprint density at radius 1 is 0.714 bits per heavy atom. The summed E-state index contributed by atoms with van der Waals surface area (Å²) in [7, 11) is 0. The van der Waals surface area contributed by atoms with Gasteiger partial charge in [0, 0.05) is 18.0 Å². The molecule has 0 N–H and O–H groups in total. The Hall–Kier alpha value is -2.38. The second-order valence-corrected chi connectivity index (χ2v) is 5.52. The van der Waals surface area contributed by atoms with Crippen molar-refractivity contribution in [2.24, 2.45) is 0 Å². The normalized spacial score (nSPS) is 11.1. The van der Waals surface area contributed by atoms with Crippen LogP contribution in [0.5, 0.6) is 0 Å². The molecule has 1 nitrogen and oxygen atoms in total. The van der Waals surface area contributed by atoms with Gasteiger partial charge in [0.1, 0.15) is 0 Å². The summed E-state index contributed by atoms with van der Waals surface area (Å²) in [4.78, 5) is 4.22. The molecule has 4 aromatic rings. The van der Waals surface area contributed by atoms with Crippen LogP contribution in [0, 0.1) is 0 Å². The summed E-state index contributed by atoms with van der Waals surface area (Å²) in [6.45, 7) is 0.